The molecule has 0 saturated carbocycles. The van der Waals surface area contributed by atoms with E-state index in [-0.39, 0.29) is 11.9 Å². The van der Waals surface area contributed by atoms with Crippen molar-refractivity contribution in [2.45, 2.75) is 39.1 Å². The van der Waals surface area contributed by atoms with Crippen molar-refractivity contribution in [3.8, 4) is 0 Å². The van der Waals surface area contributed by atoms with Gasteiger partial charge in [-0.1, -0.05) is 6.07 Å². The van der Waals surface area contributed by atoms with Gasteiger partial charge in [0.2, 0.25) is 6.29 Å². The summed E-state index contributed by atoms with van der Waals surface area (Å²) in [6.45, 7) is 10.1. The van der Waals surface area contributed by atoms with Crippen LogP contribution in [0.4, 0.5) is 5.69 Å². The van der Waals surface area contributed by atoms with E-state index in [0.29, 0.717) is 13.2 Å². The van der Waals surface area contributed by atoms with Crippen LogP contribution in [0.15, 0.2) is 42.6 Å². The summed E-state index contributed by atoms with van der Waals surface area (Å²) in [6.07, 6.45) is 2.40. The number of fused-ring (bicyclic) bond motifs is 1. The average Bonchev–Trinajstić information content (AvgIpc) is 3.28. The molecule has 6 heteroatoms. The number of hydrogen-bond acceptors (Lipinski definition) is 6. The number of ether oxygens (including phenoxy) is 3. The van der Waals surface area contributed by atoms with E-state index in [4.69, 9.17) is 19.2 Å². The molecule has 3 aromatic rings. The molecule has 5 rings (SSSR count). The fourth-order valence-corrected chi connectivity index (χ4v) is 4.44. The fourth-order valence-electron chi connectivity index (χ4n) is 4.44. The number of nitrogens with zero attached hydrogens (tertiary/aromatic N) is 3. The van der Waals surface area contributed by atoms with E-state index < -0.39 is 0 Å². The molecule has 2 aromatic heterocycles. The van der Waals surface area contributed by atoms with Crippen molar-refractivity contribution in [2.24, 2.45) is 0 Å². The molecule has 0 spiro atoms. The van der Waals surface area contributed by atoms with E-state index in [0.717, 1.165) is 48.6 Å². The molecule has 0 amide bonds. The van der Waals surface area contributed by atoms with Crippen LogP contribution in [0.1, 0.15) is 42.7 Å². The molecule has 0 N–H and O–H groups in total. The molecule has 2 aliphatic heterocycles. The molecule has 2 fully saturated rings. The zero-order valence-corrected chi connectivity index (χ0v) is 18.4. The summed E-state index contributed by atoms with van der Waals surface area (Å²) in [5, 5.41) is 1.19. The number of hydrogen-bond donors (Lipinski definition) is 0. The van der Waals surface area contributed by atoms with Crippen LogP contribution in [0, 0.1) is 6.92 Å². The molecule has 0 unspecified atom stereocenters. The largest absolute Gasteiger partial charge is 0.372 e. The van der Waals surface area contributed by atoms with Gasteiger partial charge in [0.25, 0.3) is 0 Å². The zero-order valence-electron chi connectivity index (χ0n) is 18.4. The normalized spacial score (nSPS) is 19.3. The summed E-state index contributed by atoms with van der Waals surface area (Å²) in [6, 6.07) is 12.9. The van der Waals surface area contributed by atoms with Gasteiger partial charge in [0.05, 0.1) is 36.6 Å². The topological polar surface area (TPSA) is 56.7 Å². The Balaban J connectivity index is 1.44. The lowest BCUT2D eigenvalue weighted by Gasteiger charge is -2.39. The second kappa shape index (κ2) is 8.19. The molecule has 162 valence electrons. The highest BCUT2D eigenvalue weighted by Crippen LogP contribution is 2.29. The standard InChI is InChI=1S/C25H29N3O3/c1-17-12-19(13-18-4-6-23(26-15-18)24-29-10-11-30-24)21-14-20(5-7-22(21)27-17)28-8-9-31-25(2,3)16-28/h4-7,12,14-15,24H,8-11,13,16H2,1-3H3. The molecule has 1 aromatic carbocycles. The lowest BCUT2D eigenvalue weighted by Crippen LogP contribution is -2.48. The van der Waals surface area contributed by atoms with Crippen molar-refractivity contribution in [3.05, 3.63) is 65.1 Å². The summed E-state index contributed by atoms with van der Waals surface area (Å²) in [5.41, 5.74) is 6.39. The molecular formula is C25H29N3O3. The molecule has 0 atom stereocenters. The molecule has 4 heterocycles. The van der Waals surface area contributed by atoms with Crippen molar-refractivity contribution in [1.82, 2.24) is 9.97 Å². The maximum atomic E-state index is 5.89. The number of pyridine rings is 2. The maximum Gasteiger partial charge on any atom is 0.201 e. The van der Waals surface area contributed by atoms with E-state index in [1.54, 1.807) is 0 Å². The van der Waals surface area contributed by atoms with Gasteiger partial charge < -0.3 is 19.1 Å². The number of aromatic nitrogens is 2. The van der Waals surface area contributed by atoms with E-state index >= 15 is 0 Å². The van der Waals surface area contributed by atoms with Crippen LogP contribution in [0.5, 0.6) is 0 Å². The lowest BCUT2D eigenvalue weighted by atomic mass is 9.99. The van der Waals surface area contributed by atoms with Gasteiger partial charge in [-0.05, 0) is 68.7 Å². The van der Waals surface area contributed by atoms with Crippen molar-refractivity contribution in [3.63, 3.8) is 0 Å². The number of benzene rings is 1. The monoisotopic (exact) mass is 419 g/mol. The quantitative estimate of drug-likeness (QED) is 0.632. The number of rotatable bonds is 4. The fraction of sp³-hybridized carbons (Fsp3) is 0.440. The van der Waals surface area contributed by atoms with Crippen LogP contribution >= 0.6 is 0 Å². The van der Waals surface area contributed by atoms with Gasteiger partial charge in [-0.2, -0.15) is 0 Å². The third-order valence-electron chi connectivity index (χ3n) is 5.90. The Hall–Kier alpha value is -2.54. The van der Waals surface area contributed by atoms with Gasteiger partial charge in [-0.15, -0.1) is 0 Å². The first kappa shape index (κ1) is 20.4. The number of anilines is 1. The predicted octanol–water partition coefficient (Wildman–Crippen LogP) is 4.19. The Bertz CT molecular complexity index is 1080. The van der Waals surface area contributed by atoms with Gasteiger partial charge in [0.15, 0.2) is 0 Å². The molecule has 2 aliphatic rings. The van der Waals surface area contributed by atoms with Gasteiger partial charge in [0, 0.05) is 36.1 Å². The van der Waals surface area contributed by atoms with Crippen LogP contribution in [-0.4, -0.2) is 48.5 Å². The van der Waals surface area contributed by atoms with Crippen LogP contribution in [0.3, 0.4) is 0 Å². The first-order valence-corrected chi connectivity index (χ1v) is 10.9. The highest BCUT2D eigenvalue weighted by atomic mass is 16.7. The minimum Gasteiger partial charge on any atom is -0.372 e. The Kier molecular flexibility index (Phi) is 5.38. The summed E-state index contributed by atoms with van der Waals surface area (Å²) in [5.74, 6) is 0. The second-order valence-electron chi connectivity index (χ2n) is 9.00. The molecule has 0 bridgehead atoms. The van der Waals surface area contributed by atoms with E-state index in [1.807, 2.05) is 12.3 Å². The van der Waals surface area contributed by atoms with Crippen LogP contribution in [-0.2, 0) is 20.6 Å². The summed E-state index contributed by atoms with van der Waals surface area (Å²) in [4.78, 5) is 11.8. The minimum atomic E-state index is -0.335. The van der Waals surface area contributed by atoms with Crippen LogP contribution < -0.4 is 4.90 Å². The van der Waals surface area contributed by atoms with Crippen LogP contribution in [0.25, 0.3) is 10.9 Å². The molecule has 0 radical (unpaired) electrons. The Morgan fingerprint density at radius 1 is 1.06 bits per heavy atom. The van der Waals surface area contributed by atoms with E-state index in [9.17, 15) is 0 Å². The Morgan fingerprint density at radius 3 is 2.65 bits per heavy atom. The highest BCUT2D eigenvalue weighted by molar-refractivity contribution is 5.86. The van der Waals surface area contributed by atoms with Crippen LogP contribution in [0.2, 0.25) is 0 Å². The SMILES string of the molecule is Cc1cc(Cc2ccc(C3OCCO3)nc2)c2cc(N3CCOC(C)(C)C3)ccc2n1. The first-order chi connectivity index (χ1) is 15.0. The Morgan fingerprint density at radius 2 is 1.90 bits per heavy atom. The molecule has 31 heavy (non-hydrogen) atoms. The van der Waals surface area contributed by atoms with Gasteiger partial charge in [-0.25, -0.2) is 0 Å². The predicted molar refractivity (Wildman–Crippen MR) is 120 cm³/mol. The minimum absolute atomic E-state index is 0.137. The summed E-state index contributed by atoms with van der Waals surface area (Å²) >= 11 is 0. The van der Waals surface area contributed by atoms with Crippen molar-refractivity contribution in [2.75, 3.05) is 37.8 Å². The molecule has 0 aliphatic carbocycles. The number of aryl methyl sites for hydroxylation is 1. The van der Waals surface area contributed by atoms with E-state index in [1.165, 1.54) is 16.6 Å². The maximum absolute atomic E-state index is 5.89. The van der Waals surface area contributed by atoms with Gasteiger partial charge in [-0.3, -0.25) is 9.97 Å². The summed E-state index contributed by atoms with van der Waals surface area (Å²) < 4.78 is 17.0. The van der Waals surface area contributed by atoms with Crippen molar-refractivity contribution >= 4 is 16.6 Å². The van der Waals surface area contributed by atoms with Crippen molar-refractivity contribution < 1.29 is 14.2 Å². The van der Waals surface area contributed by atoms with Crippen molar-refractivity contribution in [1.29, 1.82) is 0 Å². The average molecular weight is 420 g/mol. The Labute approximate surface area is 183 Å². The smallest absolute Gasteiger partial charge is 0.201 e. The summed E-state index contributed by atoms with van der Waals surface area (Å²) in [7, 11) is 0. The van der Waals surface area contributed by atoms with E-state index in [2.05, 4.69) is 61.0 Å². The lowest BCUT2D eigenvalue weighted by molar-refractivity contribution is -0.0473. The van der Waals surface area contributed by atoms with Gasteiger partial charge >= 0.3 is 0 Å². The molecule has 6 nitrogen and oxygen atoms in total. The molecular weight excluding hydrogens is 390 g/mol. The third-order valence-corrected chi connectivity index (χ3v) is 5.90. The molecule has 2 saturated heterocycles. The highest BCUT2D eigenvalue weighted by Gasteiger charge is 2.27. The second-order valence-corrected chi connectivity index (χ2v) is 9.00. The third kappa shape index (κ3) is 4.42. The number of morpholine rings is 1. The zero-order chi connectivity index (χ0) is 21.4. The van der Waals surface area contributed by atoms with Gasteiger partial charge in [0.1, 0.15) is 0 Å². The first-order valence-electron chi connectivity index (χ1n) is 10.9.